The van der Waals surface area contributed by atoms with Gasteiger partial charge in [0.25, 0.3) is 0 Å². The fourth-order valence-electron chi connectivity index (χ4n) is 5.41. The van der Waals surface area contributed by atoms with Crippen molar-refractivity contribution in [1.29, 1.82) is 0 Å². The second kappa shape index (κ2) is 5.47. The summed E-state index contributed by atoms with van der Waals surface area (Å²) < 4.78 is 5.12. The van der Waals surface area contributed by atoms with Gasteiger partial charge in [-0.2, -0.15) is 0 Å². The van der Waals surface area contributed by atoms with Crippen LogP contribution in [-0.2, 0) is 9.53 Å². The summed E-state index contributed by atoms with van der Waals surface area (Å²) in [4.78, 5) is 28.2. The Bertz CT molecular complexity index is 502. The molecule has 4 aliphatic rings. The van der Waals surface area contributed by atoms with Gasteiger partial charge in [0, 0.05) is 44.6 Å². The number of nitrogens with zero attached hydrogens (tertiary/aromatic N) is 2. The summed E-state index contributed by atoms with van der Waals surface area (Å²) in [6.07, 6.45) is 4.12. The van der Waals surface area contributed by atoms with Crippen molar-refractivity contribution in [3.05, 3.63) is 0 Å². The molecule has 1 amide bonds. The number of ketones is 1. The van der Waals surface area contributed by atoms with Crippen LogP contribution in [0.15, 0.2) is 0 Å². The highest BCUT2D eigenvalue weighted by Crippen LogP contribution is 2.57. The molecule has 1 spiro atoms. The van der Waals surface area contributed by atoms with E-state index in [4.69, 9.17) is 4.74 Å². The summed E-state index contributed by atoms with van der Waals surface area (Å²) in [7, 11) is 0. The third-order valence-corrected chi connectivity index (χ3v) is 6.76. The van der Waals surface area contributed by atoms with Crippen molar-refractivity contribution >= 4 is 11.9 Å². The Morgan fingerprint density at radius 1 is 1.17 bits per heavy atom. The zero-order chi connectivity index (χ0) is 16.2. The number of Topliss-reactive ketones (excluding diaryl/α,β-unsaturated/α-hetero) is 1. The number of likely N-dealkylation sites (tertiary alicyclic amines) is 2. The molecule has 5 nitrogen and oxygen atoms in total. The average molecular weight is 320 g/mol. The van der Waals surface area contributed by atoms with Crippen LogP contribution in [0.3, 0.4) is 0 Å². The quantitative estimate of drug-likeness (QED) is 0.796. The molecule has 0 aromatic carbocycles. The summed E-state index contributed by atoms with van der Waals surface area (Å²) in [5.41, 5.74) is 0.350. The number of piperidine rings is 1. The van der Waals surface area contributed by atoms with E-state index in [1.54, 1.807) is 0 Å². The molecule has 0 aromatic rings. The van der Waals surface area contributed by atoms with Gasteiger partial charge in [0.2, 0.25) is 0 Å². The number of hydrogen-bond acceptors (Lipinski definition) is 4. The first-order chi connectivity index (χ1) is 11.1. The van der Waals surface area contributed by atoms with Crippen molar-refractivity contribution < 1.29 is 14.3 Å². The van der Waals surface area contributed by atoms with E-state index in [0.29, 0.717) is 48.0 Å². The van der Waals surface area contributed by atoms with E-state index in [1.807, 2.05) is 18.7 Å². The molecule has 4 fully saturated rings. The molecule has 128 valence electrons. The molecule has 2 aliphatic carbocycles. The van der Waals surface area contributed by atoms with Crippen LogP contribution in [0.25, 0.3) is 0 Å². The lowest BCUT2D eigenvalue weighted by atomic mass is 9.64. The first-order valence-electron chi connectivity index (χ1n) is 9.25. The van der Waals surface area contributed by atoms with Crippen LogP contribution in [0.2, 0.25) is 0 Å². The molecule has 0 radical (unpaired) electrons. The van der Waals surface area contributed by atoms with Crippen LogP contribution in [0.1, 0.15) is 39.5 Å². The Morgan fingerprint density at radius 3 is 2.48 bits per heavy atom. The van der Waals surface area contributed by atoms with Gasteiger partial charge in [0.05, 0.1) is 6.61 Å². The van der Waals surface area contributed by atoms with Crippen LogP contribution < -0.4 is 0 Å². The lowest BCUT2D eigenvalue weighted by Gasteiger charge is -2.49. The third kappa shape index (κ3) is 2.48. The molecule has 0 N–H and O–H groups in total. The van der Waals surface area contributed by atoms with Crippen molar-refractivity contribution in [2.75, 3.05) is 32.8 Å². The Balaban J connectivity index is 1.24. The number of carbonyl (C=O) groups excluding carboxylic acids is 2. The minimum atomic E-state index is -0.142. The number of fused-ring (bicyclic) bond motifs is 1. The van der Waals surface area contributed by atoms with Gasteiger partial charge in [-0.1, -0.05) is 6.92 Å². The number of amides is 1. The second-order valence-electron chi connectivity index (χ2n) is 8.06. The van der Waals surface area contributed by atoms with Crippen LogP contribution in [-0.4, -0.2) is 60.5 Å². The minimum absolute atomic E-state index is 0.142. The summed E-state index contributed by atoms with van der Waals surface area (Å²) in [5, 5.41) is 0. The number of carbonyl (C=O) groups is 2. The van der Waals surface area contributed by atoms with Gasteiger partial charge in [-0.05, 0) is 43.4 Å². The van der Waals surface area contributed by atoms with Gasteiger partial charge >= 0.3 is 6.09 Å². The maximum Gasteiger partial charge on any atom is 0.409 e. The van der Waals surface area contributed by atoms with Crippen LogP contribution in [0, 0.1) is 23.2 Å². The number of hydrogen-bond donors (Lipinski definition) is 0. The highest BCUT2D eigenvalue weighted by Gasteiger charge is 2.61. The van der Waals surface area contributed by atoms with Crippen molar-refractivity contribution in [2.24, 2.45) is 23.2 Å². The number of ether oxygens (including phenoxy) is 1. The van der Waals surface area contributed by atoms with E-state index in [-0.39, 0.29) is 6.09 Å². The normalized spacial score (nSPS) is 41.7. The topological polar surface area (TPSA) is 49.9 Å². The molecule has 0 aromatic heterocycles. The zero-order valence-electron chi connectivity index (χ0n) is 14.3. The molecule has 2 heterocycles. The maximum absolute atomic E-state index is 11.8. The summed E-state index contributed by atoms with van der Waals surface area (Å²) >= 11 is 0. The minimum Gasteiger partial charge on any atom is -0.450 e. The standard InChI is InChI=1S/C18H28N2O3/c1-3-15(21)16-13-9-20(10-14(13)16)12-7-18(8-12)5-6-19(11-18)17(22)23-4-2/h12-14,16H,3-11H2,1-2H3. The van der Waals surface area contributed by atoms with Crippen molar-refractivity contribution in [1.82, 2.24) is 9.80 Å². The molecule has 2 aliphatic heterocycles. The summed E-state index contributed by atoms with van der Waals surface area (Å²) in [6, 6.07) is 0.683. The monoisotopic (exact) mass is 320 g/mol. The number of rotatable bonds is 4. The molecule has 2 saturated heterocycles. The molecule has 23 heavy (non-hydrogen) atoms. The van der Waals surface area contributed by atoms with Gasteiger partial charge in [0.1, 0.15) is 5.78 Å². The Labute approximate surface area is 138 Å². The summed E-state index contributed by atoms with van der Waals surface area (Å²) in [6.45, 7) is 8.29. The highest BCUT2D eigenvalue weighted by molar-refractivity contribution is 5.84. The van der Waals surface area contributed by atoms with Crippen molar-refractivity contribution in [2.45, 2.75) is 45.6 Å². The maximum atomic E-state index is 11.8. The molecule has 2 saturated carbocycles. The first-order valence-corrected chi connectivity index (χ1v) is 9.25. The molecule has 0 bridgehead atoms. The van der Waals surface area contributed by atoms with Gasteiger partial charge in [-0.3, -0.25) is 9.69 Å². The Morgan fingerprint density at radius 2 is 1.87 bits per heavy atom. The van der Waals surface area contributed by atoms with E-state index >= 15 is 0 Å². The zero-order valence-corrected chi connectivity index (χ0v) is 14.3. The molecule has 4 rings (SSSR count). The van der Waals surface area contributed by atoms with Crippen molar-refractivity contribution in [3.63, 3.8) is 0 Å². The first kappa shape index (κ1) is 15.4. The fraction of sp³-hybridized carbons (Fsp3) is 0.889. The highest BCUT2D eigenvalue weighted by atomic mass is 16.6. The Hall–Kier alpha value is -1.10. The predicted molar refractivity (Wildman–Crippen MR) is 86.0 cm³/mol. The Kier molecular flexibility index (Phi) is 3.67. The predicted octanol–water partition coefficient (Wildman–Crippen LogP) is 2.15. The molecular formula is C18H28N2O3. The van der Waals surface area contributed by atoms with Gasteiger partial charge in [-0.25, -0.2) is 4.79 Å². The molecule has 5 heteroatoms. The summed E-state index contributed by atoms with van der Waals surface area (Å²) in [5.74, 6) is 2.17. The van der Waals surface area contributed by atoms with Gasteiger partial charge in [-0.15, -0.1) is 0 Å². The van der Waals surface area contributed by atoms with Gasteiger partial charge < -0.3 is 9.64 Å². The lowest BCUT2D eigenvalue weighted by molar-refractivity contribution is -0.121. The van der Waals surface area contributed by atoms with Crippen LogP contribution in [0.5, 0.6) is 0 Å². The lowest BCUT2D eigenvalue weighted by Crippen LogP contribution is -2.52. The van der Waals surface area contributed by atoms with E-state index < -0.39 is 0 Å². The van der Waals surface area contributed by atoms with E-state index in [9.17, 15) is 9.59 Å². The molecule has 2 unspecified atom stereocenters. The SMILES string of the molecule is CCOC(=O)N1CCC2(CC(N3CC4C(C3)C4C(=O)CC)C2)C1. The largest absolute Gasteiger partial charge is 0.450 e. The molecule has 2 atom stereocenters. The van der Waals surface area contributed by atoms with E-state index in [2.05, 4.69) is 4.90 Å². The average Bonchev–Trinajstić information content (AvgIpc) is 2.91. The van der Waals surface area contributed by atoms with E-state index in [0.717, 1.165) is 32.6 Å². The fourth-order valence-corrected chi connectivity index (χ4v) is 5.41. The smallest absolute Gasteiger partial charge is 0.409 e. The van der Waals surface area contributed by atoms with E-state index in [1.165, 1.54) is 12.8 Å². The molecular weight excluding hydrogens is 292 g/mol. The second-order valence-corrected chi connectivity index (χ2v) is 8.06. The van der Waals surface area contributed by atoms with Crippen LogP contribution >= 0.6 is 0 Å². The van der Waals surface area contributed by atoms with Crippen molar-refractivity contribution in [3.8, 4) is 0 Å². The van der Waals surface area contributed by atoms with Gasteiger partial charge in [0.15, 0.2) is 0 Å². The third-order valence-electron chi connectivity index (χ3n) is 6.76. The van der Waals surface area contributed by atoms with Crippen LogP contribution in [0.4, 0.5) is 4.79 Å².